The van der Waals surface area contributed by atoms with Crippen LogP contribution in [0.5, 0.6) is 0 Å². The fourth-order valence-corrected chi connectivity index (χ4v) is 1.90. The van der Waals surface area contributed by atoms with Crippen LogP contribution in [0, 0.1) is 0 Å². The highest BCUT2D eigenvalue weighted by Crippen LogP contribution is 2.10. The summed E-state index contributed by atoms with van der Waals surface area (Å²) >= 11 is 0. The molecule has 0 aliphatic rings. The van der Waals surface area contributed by atoms with Crippen molar-refractivity contribution in [2.45, 2.75) is 77.7 Å². The minimum absolute atomic E-state index is 0.755. The zero-order chi connectivity index (χ0) is 10.6. The summed E-state index contributed by atoms with van der Waals surface area (Å²) in [4.78, 5) is 0. The van der Waals surface area contributed by atoms with Gasteiger partial charge in [-0.15, -0.1) is 0 Å². The molecular formula is C13H29N. The molecule has 1 N–H and O–H groups in total. The lowest BCUT2D eigenvalue weighted by Gasteiger charge is -2.12. The predicted octanol–water partition coefficient (Wildman–Crippen LogP) is 4.13. The Morgan fingerprint density at radius 3 is 1.93 bits per heavy atom. The molecule has 0 radical (unpaired) electrons. The highest BCUT2D eigenvalue weighted by molar-refractivity contribution is 4.61. The maximum Gasteiger partial charge on any atom is 0.00614 e. The van der Waals surface area contributed by atoms with Gasteiger partial charge in [-0.05, 0) is 19.9 Å². The smallest absolute Gasteiger partial charge is 0.00614 e. The van der Waals surface area contributed by atoms with Crippen LogP contribution in [-0.2, 0) is 0 Å². The Bertz CT molecular complexity index is 97.4. The van der Waals surface area contributed by atoms with Crippen molar-refractivity contribution >= 4 is 0 Å². The van der Waals surface area contributed by atoms with Gasteiger partial charge >= 0.3 is 0 Å². The maximum absolute atomic E-state index is 3.36. The van der Waals surface area contributed by atoms with E-state index in [0.29, 0.717) is 0 Å². The molecule has 86 valence electrons. The van der Waals surface area contributed by atoms with Crippen LogP contribution in [-0.4, -0.2) is 13.1 Å². The fraction of sp³-hybridized carbons (Fsp3) is 1.00. The van der Waals surface area contributed by atoms with Crippen LogP contribution in [0.25, 0.3) is 0 Å². The minimum atomic E-state index is 0.755. The van der Waals surface area contributed by atoms with Crippen LogP contribution < -0.4 is 5.32 Å². The van der Waals surface area contributed by atoms with Gasteiger partial charge in [-0.1, -0.05) is 58.8 Å². The molecule has 0 amide bonds. The van der Waals surface area contributed by atoms with E-state index >= 15 is 0 Å². The van der Waals surface area contributed by atoms with E-state index in [4.69, 9.17) is 0 Å². The summed E-state index contributed by atoms with van der Waals surface area (Å²) < 4.78 is 0. The van der Waals surface area contributed by atoms with Crippen LogP contribution in [0.4, 0.5) is 0 Å². The Labute approximate surface area is 90.7 Å². The number of hydrogen-bond donors (Lipinski definition) is 1. The Kier molecular flexibility index (Phi) is 11.0. The van der Waals surface area contributed by atoms with E-state index in [2.05, 4.69) is 26.2 Å². The standard InChI is InChI=1S/C13H29N/c1-4-6-7-8-9-10-11-12-13(5-2)14-3/h13-14H,4-12H2,1-3H3. The SMILES string of the molecule is CCCCCCCCCC(CC)NC. The molecule has 0 aromatic heterocycles. The molecule has 14 heavy (non-hydrogen) atoms. The molecule has 1 unspecified atom stereocenters. The van der Waals surface area contributed by atoms with Gasteiger partial charge in [-0.2, -0.15) is 0 Å². The Morgan fingerprint density at radius 2 is 1.43 bits per heavy atom. The normalized spacial score (nSPS) is 13.1. The van der Waals surface area contributed by atoms with Gasteiger partial charge in [0.25, 0.3) is 0 Å². The average Bonchev–Trinajstić information content (AvgIpc) is 2.22. The van der Waals surface area contributed by atoms with E-state index in [1.54, 1.807) is 0 Å². The molecule has 1 atom stereocenters. The van der Waals surface area contributed by atoms with E-state index in [1.807, 2.05) is 0 Å². The number of hydrogen-bond acceptors (Lipinski definition) is 1. The van der Waals surface area contributed by atoms with Crippen molar-refractivity contribution in [3.05, 3.63) is 0 Å². The van der Waals surface area contributed by atoms with Crippen LogP contribution in [0.3, 0.4) is 0 Å². The second kappa shape index (κ2) is 11.0. The highest BCUT2D eigenvalue weighted by atomic mass is 14.9. The lowest BCUT2D eigenvalue weighted by atomic mass is 10.0. The average molecular weight is 199 g/mol. The van der Waals surface area contributed by atoms with Crippen molar-refractivity contribution < 1.29 is 0 Å². The van der Waals surface area contributed by atoms with Crippen LogP contribution in [0.1, 0.15) is 71.6 Å². The van der Waals surface area contributed by atoms with Crippen molar-refractivity contribution in [2.24, 2.45) is 0 Å². The third kappa shape index (κ3) is 8.55. The molecule has 0 aromatic carbocycles. The number of nitrogens with one attached hydrogen (secondary N) is 1. The first-order valence-electron chi connectivity index (χ1n) is 6.52. The predicted molar refractivity (Wildman–Crippen MR) is 65.7 cm³/mol. The Morgan fingerprint density at radius 1 is 0.857 bits per heavy atom. The zero-order valence-corrected chi connectivity index (χ0v) is 10.4. The molecule has 0 fully saturated rings. The summed E-state index contributed by atoms with van der Waals surface area (Å²) in [6.45, 7) is 4.54. The van der Waals surface area contributed by atoms with Gasteiger partial charge in [0.1, 0.15) is 0 Å². The molecule has 0 aliphatic carbocycles. The van der Waals surface area contributed by atoms with Crippen LogP contribution in [0.15, 0.2) is 0 Å². The first kappa shape index (κ1) is 14.0. The maximum atomic E-state index is 3.36. The van der Waals surface area contributed by atoms with Crippen molar-refractivity contribution in [3.8, 4) is 0 Å². The van der Waals surface area contributed by atoms with E-state index in [0.717, 1.165) is 6.04 Å². The van der Waals surface area contributed by atoms with Crippen molar-refractivity contribution in [1.29, 1.82) is 0 Å². The number of unbranched alkanes of at least 4 members (excludes halogenated alkanes) is 6. The Balaban J connectivity index is 3.04. The summed E-state index contributed by atoms with van der Waals surface area (Å²) in [6.07, 6.45) is 12.6. The summed E-state index contributed by atoms with van der Waals surface area (Å²) in [5.74, 6) is 0. The van der Waals surface area contributed by atoms with Gasteiger partial charge in [0, 0.05) is 6.04 Å². The van der Waals surface area contributed by atoms with Crippen LogP contribution in [0.2, 0.25) is 0 Å². The molecule has 0 bridgehead atoms. The quantitative estimate of drug-likeness (QED) is 0.522. The fourth-order valence-electron chi connectivity index (χ4n) is 1.90. The first-order valence-corrected chi connectivity index (χ1v) is 6.52. The molecular weight excluding hydrogens is 170 g/mol. The second-order valence-corrected chi connectivity index (χ2v) is 4.30. The zero-order valence-electron chi connectivity index (χ0n) is 10.4. The third-order valence-corrected chi connectivity index (χ3v) is 3.06. The van der Waals surface area contributed by atoms with Gasteiger partial charge < -0.3 is 5.32 Å². The molecule has 1 nitrogen and oxygen atoms in total. The Hall–Kier alpha value is -0.0400. The molecule has 0 rings (SSSR count). The number of rotatable bonds is 10. The molecule has 0 aromatic rings. The lowest BCUT2D eigenvalue weighted by Crippen LogP contribution is -2.23. The van der Waals surface area contributed by atoms with Crippen molar-refractivity contribution in [1.82, 2.24) is 5.32 Å². The second-order valence-electron chi connectivity index (χ2n) is 4.30. The van der Waals surface area contributed by atoms with Crippen LogP contribution >= 0.6 is 0 Å². The lowest BCUT2D eigenvalue weighted by molar-refractivity contribution is 0.470. The largest absolute Gasteiger partial charge is 0.317 e. The molecule has 0 spiro atoms. The molecule has 0 saturated heterocycles. The summed E-state index contributed by atoms with van der Waals surface area (Å²) in [5, 5.41) is 3.36. The summed E-state index contributed by atoms with van der Waals surface area (Å²) in [6, 6.07) is 0.755. The van der Waals surface area contributed by atoms with Gasteiger partial charge in [0.05, 0.1) is 0 Å². The highest BCUT2D eigenvalue weighted by Gasteiger charge is 2.01. The van der Waals surface area contributed by atoms with Crippen molar-refractivity contribution in [3.63, 3.8) is 0 Å². The van der Waals surface area contributed by atoms with Gasteiger partial charge in [0.15, 0.2) is 0 Å². The topological polar surface area (TPSA) is 12.0 Å². The van der Waals surface area contributed by atoms with Gasteiger partial charge in [-0.3, -0.25) is 0 Å². The molecule has 1 heteroatoms. The van der Waals surface area contributed by atoms with E-state index in [9.17, 15) is 0 Å². The van der Waals surface area contributed by atoms with Gasteiger partial charge in [-0.25, -0.2) is 0 Å². The molecule has 0 aliphatic heterocycles. The third-order valence-electron chi connectivity index (χ3n) is 3.06. The van der Waals surface area contributed by atoms with E-state index < -0.39 is 0 Å². The minimum Gasteiger partial charge on any atom is -0.317 e. The first-order chi connectivity index (χ1) is 6.85. The summed E-state index contributed by atoms with van der Waals surface area (Å²) in [7, 11) is 2.08. The monoisotopic (exact) mass is 199 g/mol. The van der Waals surface area contributed by atoms with Gasteiger partial charge in [0.2, 0.25) is 0 Å². The van der Waals surface area contributed by atoms with Crippen molar-refractivity contribution in [2.75, 3.05) is 7.05 Å². The molecule has 0 saturated carbocycles. The molecule has 0 heterocycles. The van der Waals surface area contributed by atoms with E-state index in [1.165, 1.54) is 57.8 Å². The van der Waals surface area contributed by atoms with E-state index in [-0.39, 0.29) is 0 Å². The summed E-state index contributed by atoms with van der Waals surface area (Å²) in [5.41, 5.74) is 0.